The van der Waals surface area contributed by atoms with Crippen molar-refractivity contribution in [1.82, 2.24) is 0 Å². The van der Waals surface area contributed by atoms with Crippen molar-refractivity contribution in [2.24, 2.45) is 5.34 Å². The Hall–Kier alpha value is -0.312. The Balaban J connectivity index is 0. The minimum absolute atomic E-state index is 1.00. The van der Waals surface area contributed by atoms with Crippen LogP contribution in [0, 0.1) is 10.1 Å². The van der Waals surface area contributed by atoms with Gasteiger partial charge in [-0.2, -0.15) is 0 Å². The predicted octanol–water partition coefficient (Wildman–Crippen LogP) is 0.0105. The average molecular weight is 273 g/mol. The van der Waals surface area contributed by atoms with Gasteiger partial charge in [-0.1, -0.05) is 0 Å². The van der Waals surface area contributed by atoms with Gasteiger partial charge in [0.05, 0.1) is 0 Å². The van der Waals surface area contributed by atoms with Crippen molar-refractivity contribution in [3.63, 3.8) is 0 Å². The maximum absolute atomic E-state index is 8.49. The zero-order valence-electron chi connectivity index (χ0n) is 2.40. The molecule has 40 valence electrons. The number of hydrogen-bond acceptors (Lipinski definition) is 5. The van der Waals surface area contributed by atoms with Crippen molar-refractivity contribution in [2.75, 3.05) is 0 Å². The van der Waals surface area contributed by atoms with E-state index >= 15 is 0 Å². The molecule has 0 heterocycles. The van der Waals surface area contributed by atoms with Crippen LogP contribution >= 0.6 is 0 Å². The second-order valence-corrected chi connectivity index (χ2v) is 0.506. The van der Waals surface area contributed by atoms with E-state index in [2.05, 4.69) is 0 Å². The Morgan fingerprint density at radius 2 is 1.50 bits per heavy atom. The Kier molecular flexibility index (Phi) is 34.3. The van der Waals surface area contributed by atoms with Crippen LogP contribution in [0.2, 0.25) is 0 Å². The molecule has 0 aliphatic rings. The van der Waals surface area contributed by atoms with Crippen molar-refractivity contribution in [3.05, 3.63) is 10.1 Å². The van der Waals surface area contributed by atoms with Gasteiger partial charge in [-0.05, 0) is 0 Å². The molecule has 0 saturated heterocycles. The molecule has 0 N–H and O–H groups in total. The monoisotopic (exact) mass is 273 g/mol. The summed E-state index contributed by atoms with van der Waals surface area (Å²) in [7, 11) is 0. The Morgan fingerprint density at radius 1 is 1.50 bits per heavy atom. The van der Waals surface area contributed by atoms with Crippen molar-refractivity contribution < 1.29 is 25.3 Å². The van der Waals surface area contributed by atoms with E-state index in [1.807, 2.05) is 0 Å². The van der Waals surface area contributed by atoms with E-state index < -0.39 is 18.5 Å². The van der Waals surface area contributed by atoms with Gasteiger partial charge in [-0.25, -0.2) is 0 Å². The summed E-state index contributed by atoms with van der Waals surface area (Å²) in [5.41, 5.74) is 0. The first-order chi connectivity index (χ1) is 2.83. The Labute approximate surface area is 41.4 Å². The molecule has 0 amide bonds. The molecule has 0 fully saturated rings. The van der Waals surface area contributed by atoms with Gasteiger partial charge in [0, 0.05) is 0 Å². The molecule has 0 aliphatic heterocycles. The van der Waals surface area contributed by atoms with Crippen LogP contribution in [0.25, 0.3) is 0 Å². The van der Waals surface area contributed by atoms with E-state index in [1.54, 1.807) is 0 Å². The quantitative estimate of drug-likeness (QED) is 0.459. The summed E-state index contributed by atoms with van der Waals surface area (Å²) in [6.07, 6.45) is 0. The molecule has 5 nitrogen and oxygen atoms in total. The molecule has 0 saturated carbocycles. The van der Waals surface area contributed by atoms with E-state index in [9.17, 15) is 0 Å². The van der Waals surface area contributed by atoms with Crippen molar-refractivity contribution in [2.45, 2.75) is 0 Å². The third-order valence-electron chi connectivity index (χ3n) is 0. The molecule has 0 bridgehead atoms. The van der Waals surface area contributed by atoms with Gasteiger partial charge in [0.2, 0.25) is 0 Å². The fourth-order valence-corrected chi connectivity index (χ4v) is 0. The first-order valence-corrected chi connectivity index (χ1v) is 2.48. The van der Waals surface area contributed by atoms with Gasteiger partial charge in [-0.15, -0.1) is 5.34 Å². The van der Waals surface area contributed by atoms with Gasteiger partial charge in [-0.3, -0.25) is 0 Å². The van der Waals surface area contributed by atoms with Crippen molar-refractivity contribution in [3.8, 4) is 0 Å². The van der Waals surface area contributed by atoms with Crippen LogP contribution in [0.5, 0.6) is 0 Å². The van der Waals surface area contributed by atoms with Gasteiger partial charge >= 0.3 is 25.3 Å². The minimum atomic E-state index is -1.92. The molecule has 6 heteroatoms. The van der Waals surface area contributed by atoms with Crippen molar-refractivity contribution in [1.29, 1.82) is 0 Å². The Morgan fingerprint density at radius 3 is 1.50 bits per heavy atom. The second kappa shape index (κ2) is 22.4. The number of hydrogen-bond donors (Lipinski definition) is 0. The van der Waals surface area contributed by atoms with Gasteiger partial charge in [0.25, 0.3) is 0 Å². The molecule has 0 rings (SSSR count). The van der Waals surface area contributed by atoms with E-state index in [0.717, 1.165) is 5.34 Å². The fourth-order valence-electron chi connectivity index (χ4n) is 0. The molecular formula is NO4Pt-. The van der Waals surface area contributed by atoms with Gasteiger partial charge in [0.1, 0.15) is 0 Å². The molecule has 0 aliphatic carbocycles. The van der Waals surface area contributed by atoms with Crippen LogP contribution in [0.3, 0.4) is 0 Å². The SMILES string of the molecule is O=N[O-].[O]=[Pt]=[O]. The first kappa shape index (κ1) is 9.19. The molecule has 0 aromatic carbocycles. The number of nitrogens with zero attached hydrogens (tertiary/aromatic N) is 1. The summed E-state index contributed by atoms with van der Waals surface area (Å²) in [6, 6.07) is 0. The molecule has 0 unspecified atom stereocenters. The van der Waals surface area contributed by atoms with E-state index in [0.29, 0.717) is 0 Å². The summed E-state index contributed by atoms with van der Waals surface area (Å²) in [5.74, 6) is 0. The van der Waals surface area contributed by atoms with Gasteiger partial charge < -0.3 is 10.1 Å². The average Bonchev–Trinajstić information content (AvgIpc) is 1.39. The second-order valence-electron chi connectivity index (χ2n) is 0.127. The summed E-state index contributed by atoms with van der Waals surface area (Å²) >= 11 is -1.92. The summed E-state index contributed by atoms with van der Waals surface area (Å²) in [6.45, 7) is 0. The molecular weight excluding hydrogens is 273 g/mol. The van der Waals surface area contributed by atoms with E-state index in [-0.39, 0.29) is 0 Å². The van der Waals surface area contributed by atoms with Crippen molar-refractivity contribution >= 4 is 0 Å². The summed E-state index contributed by atoms with van der Waals surface area (Å²) in [5, 5.41) is 9.00. The van der Waals surface area contributed by atoms with Crippen LogP contribution in [0.15, 0.2) is 5.34 Å². The zero-order chi connectivity index (χ0) is 5.41. The third-order valence-corrected chi connectivity index (χ3v) is 0. The number of rotatable bonds is 0. The van der Waals surface area contributed by atoms with Crippen LogP contribution in [-0.4, -0.2) is 0 Å². The van der Waals surface area contributed by atoms with Crippen LogP contribution in [-0.2, 0) is 25.3 Å². The van der Waals surface area contributed by atoms with Crippen LogP contribution in [0.4, 0.5) is 0 Å². The maximum atomic E-state index is 8.49. The van der Waals surface area contributed by atoms with Crippen LogP contribution < -0.4 is 0 Å². The van der Waals surface area contributed by atoms with E-state index in [4.69, 9.17) is 16.9 Å². The molecule has 0 spiro atoms. The third kappa shape index (κ3) is 274. The summed E-state index contributed by atoms with van der Waals surface area (Å²) < 4.78 is 17.0. The Bertz CT molecular complexity index is 52.6. The molecule has 0 aromatic heterocycles. The molecule has 0 radical (unpaired) electrons. The van der Waals surface area contributed by atoms with Crippen LogP contribution in [0.1, 0.15) is 0 Å². The molecule has 0 aromatic rings. The predicted molar refractivity (Wildman–Crippen MR) is 10.5 cm³/mol. The molecule has 0 atom stereocenters. The first-order valence-electron chi connectivity index (χ1n) is 0.623. The molecule has 6 heavy (non-hydrogen) atoms. The topological polar surface area (TPSA) is 86.6 Å². The van der Waals surface area contributed by atoms with E-state index in [1.165, 1.54) is 0 Å². The fraction of sp³-hybridized carbons (Fsp3) is 0. The zero-order valence-corrected chi connectivity index (χ0v) is 4.67. The summed E-state index contributed by atoms with van der Waals surface area (Å²) in [4.78, 5) is 8.00. The standard InChI is InChI=1S/HNO2.2O.Pt/c2-1-3;;;/h(H,2,3);;;/p-1. The normalized spacial score (nSPS) is 5.33. The van der Waals surface area contributed by atoms with Gasteiger partial charge in [0.15, 0.2) is 0 Å².